The van der Waals surface area contributed by atoms with Crippen LogP contribution < -0.4 is 10.5 Å². The number of aryl methyl sites for hydroxylation is 1. The van der Waals surface area contributed by atoms with E-state index in [9.17, 15) is 0 Å². The first-order valence-electron chi connectivity index (χ1n) is 6.76. The van der Waals surface area contributed by atoms with Crippen molar-refractivity contribution in [3.05, 3.63) is 64.0 Å². The number of ether oxygens (including phenoxy) is 1. The molecule has 0 unspecified atom stereocenters. The van der Waals surface area contributed by atoms with Crippen LogP contribution in [-0.4, -0.2) is 0 Å². The van der Waals surface area contributed by atoms with Crippen molar-refractivity contribution in [2.75, 3.05) is 0 Å². The zero-order valence-corrected chi connectivity index (χ0v) is 13.3. The first kappa shape index (κ1) is 14.2. The lowest BCUT2D eigenvalue weighted by Crippen LogP contribution is -1.96. The summed E-state index contributed by atoms with van der Waals surface area (Å²) in [5, 5.41) is 2.34. The van der Waals surface area contributed by atoms with Gasteiger partial charge in [-0.3, -0.25) is 0 Å². The van der Waals surface area contributed by atoms with Gasteiger partial charge in [0.1, 0.15) is 23.9 Å². The monoisotopic (exact) mass is 345 g/mol. The Bertz CT molecular complexity index is 780. The van der Waals surface area contributed by atoms with Gasteiger partial charge < -0.3 is 14.9 Å². The van der Waals surface area contributed by atoms with E-state index in [0.717, 1.165) is 32.7 Å². The first-order chi connectivity index (χ1) is 10.2. The third-order valence-corrected chi connectivity index (χ3v) is 3.93. The van der Waals surface area contributed by atoms with Crippen LogP contribution in [0, 0.1) is 6.92 Å². The Morgan fingerprint density at radius 2 is 1.86 bits per heavy atom. The summed E-state index contributed by atoms with van der Waals surface area (Å²) in [4.78, 5) is 0. The fourth-order valence-corrected chi connectivity index (χ4v) is 2.66. The van der Waals surface area contributed by atoms with Gasteiger partial charge in [0, 0.05) is 10.0 Å². The van der Waals surface area contributed by atoms with Gasteiger partial charge in [-0.25, -0.2) is 0 Å². The highest BCUT2D eigenvalue weighted by molar-refractivity contribution is 9.10. The average molecular weight is 346 g/mol. The predicted molar refractivity (Wildman–Crippen MR) is 87.3 cm³/mol. The second-order valence-corrected chi connectivity index (χ2v) is 5.86. The molecule has 0 bridgehead atoms. The van der Waals surface area contributed by atoms with E-state index in [-0.39, 0.29) is 0 Å². The molecule has 0 saturated carbocycles. The van der Waals surface area contributed by atoms with Gasteiger partial charge in [-0.15, -0.1) is 0 Å². The molecule has 1 aromatic heterocycles. The van der Waals surface area contributed by atoms with E-state index in [1.807, 2.05) is 31.2 Å². The van der Waals surface area contributed by atoms with Gasteiger partial charge in [0.05, 0.1) is 6.54 Å². The zero-order chi connectivity index (χ0) is 14.8. The van der Waals surface area contributed by atoms with Gasteiger partial charge >= 0.3 is 0 Å². The standard InChI is InChI=1S/C17H16BrNO2/c1-11-14(8-17(9-19)21-11)10-20-16-5-3-12-6-15(18)4-2-13(12)7-16/h2-8H,9-10,19H2,1H3. The lowest BCUT2D eigenvalue weighted by molar-refractivity contribution is 0.303. The summed E-state index contributed by atoms with van der Waals surface area (Å²) in [5.74, 6) is 2.49. The molecule has 2 N–H and O–H groups in total. The second kappa shape index (κ2) is 5.92. The number of halogens is 1. The highest BCUT2D eigenvalue weighted by Gasteiger charge is 2.07. The molecule has 0 aliphatic carbocycles. The van der Waals surface area contributed by atoms with Crippen LogP contribution in [0.4, 0.5) is 0 Å². The minimum absolute atomic E-state index is 0.408. The number of rotatable bonds is 4. The first-order valence-corrected chi connectivity index (χ1v) is 7.55. The van der Waals surface area contributed by atoms with E-state index in [4.69, 9.17) is 14.9 Å². The minimum Gasteiger partial charge on any atom is -0.489 e. The Hall–Kier alpha value is -1.78. The van der Waals surface area contributed by atoms with E-state index in [1.54, 1.807) is 0 Å². The molecule has 0 atom stereocenters. The number of fused-ring (bicyclic) bond motifs is 1. The Morgan fingerprint density at radius 3 is 2.62 bits per heavy atom. The molecule has 0 aliphatic heterocycles. The van der Waals surface area contributed by atoms with Crippen LogP contribution in [0.25, 0.3) is 10.8 Å². The molecule has 2 aromatic carbocycles. The largest absolute Gasteiger partial charge is 0.489 e. The topological polar surface area (TPSA) is 48.4 Å². The maximum absolute atomic E-state index is 5.86. The van der Waals surface area contributed by atoms with E-state index < -0.39 is 0 Å². The van der Waals surface area contributed by atoms with Gasteiger partial charge in [-0.1, -0.05) is 28.1 Å². The predicted octanol–water partition coefficient (Wildman–Crippen LogP) is 4.54. The van der Waals surface area contributed by atoms with Crippen LogP contribution in [0.15, 0.2) is 51.4 Å². The summed E-state index contributed by atoms with van der Waals surface area (Å²) in [5.41, 5.74) is 6.61. The van der Waals surface area contributed by atoms with Crippen molar-refractivity contribution < 1.29 is 9.15 Å². The molecule has 3 aromatic rings. The number of furan rings is 1. The molecule has 0 saturated heterocycles. The molecule has 0 spiro atoms. The van der Waals surface area contributed by atoms with Crippen LogP contribution in [-0.2, 0) is 13.2 Å². The van der Waals surface area contributed by atoms with Crippen molar-refractivity contribution in [2.45, 2.75) is 20.1 Å². The lowest BCUT2D eigenvalue weighted by atomic mass is 10.1. The Balaban J connectivity index is 1.78. The van der Waals surface area contributed by atoms with Gasteiger partial charge in [-0.05, 0) is 48.0 Å². The summed E-state index contributed by atoms with van der Waals surface area (Å²) in [6.45, 7) is 2.82. The summed E-state index contributed by atoms with van der Waals surface area (Å²) in [7, 11) is 0. The molecule has 0 aliphatic rings. The maximum Gasteiger partial charge on any atom is 0.120 e. The van der Waals surface area contributed by atoms with Crippen LogP contribution in [0.3, 0.4) is 0 Å². The molecular weight excluding hydrogens is 330 g/mol. The summed E-state index contributed by atoms with van der Waals surface area (Å²) < 4.78 is 12.5. The van der Waals surface area contributed by atoms with Crippen LogP contribution >= 0.6 is 15.9 Å². The molecule has 0 radical (unpaired) electrons. The minimum atomic E-state index is 0.408. The van der Waals surface area contributed by atoms with E-state index in [1.165, 1.54) is 5.39 Å². The number of hydrogen-bond donors (Lipinski definition) is 1. The maximum atomic E-state index is 5.86. The average Bonchev–Trinajstić information content (AvgIpc) is 2.85. The fraction of sp³-hybridized carbons (Fsp3) is 0.176. The van der Waals surface area contributed by atoms with E-state index in [2.05, 4.69) is 34.1 Å². The number of nitrogens with two attached hydrogens (primary N) is 1. The summed E-state index contributed by atoms with van der Waals surface area (Å²) in [6, 6.07) is 14.2. The van der Waals surface area contributed by atoms with Crippen molar-refractivity contribution in [1.82, 2.24) is 0 Å². The van der Waals surface area contributed by atoms with Crippen molar-refractivity contribution in [1.29, 1.82) is 0 Å². The molecule has 3 nitrogen and oxygen atoms in total. The molecule has 1 heterocycles. The Labute approximate surface area is 131 Å². The van der Waals surface area contributed by atoms with Crippen molar-refractivity contribution in [3.63, 3.8) is 0 Å². The van der Waals surface area contributed by atoms with E-state index >= 15 is 0 Å². The lowest BCUT2D eigenvalue weighted by Gasteiger charge is -2.07. The molecule has 108 valence electrons. The molecular formula is C17H16BrNO2. The third-order valence-electron chi connectivity index (χ3n) is 3.44. The number of benzene rings is 2. The smallest absolute Gasteiger partial charge is 0.120 e. The Morgan fingerprint density at radius 1 is 1.10 bits per heavy atom. The van der Waals surface area contributed by atoms with Gasteiger partial charge in [0.25, 0.3) is 0 Å². The van der Waals surface area contributed by atoms with Gasteiger partial charge in [0.15, 0.2) is 0 Å². The second-order valence-electron chi connectivity index (χ2n) is 4.94. The van der Waals surface area contributed by atoms with E-state index in [0.29, 0.717) is 13.2 Å². The molecule has 0 amide bonds. The highest BCUT2D eigenvalue weighted by Crippen LogP contribution is 2.25. The van der Waals surface area contributed by atoms with Gasteiger partial charge in [0.2, 0.25) is 0 Å². The third kappa shape index (κ3) is 3.12. The van der Waals surface area contributed by atoms with Crippen LogP contribution in [0.5, 0.6) is 5.75 Å². The van der Waals surface area contributed by atoms with Crippen molar-refractivity contribution >= 4 is 26.7 Å². The Kier molecular flexibility index (Phi) is 3.99. The fourth-order valence-electron chi connectivity index (χ4n) is 2.28. The molecule has 4 heteroatoms. The quantitative estimate of drug-likeness (QED) is 0.754. The zero-order valence-electron chi connectivity index (χ0n) is 11.7. The summed E-state index contributed by atoms with van der Waals surface area (Å²) >= 11 is 3.48. The molecule has 21 heavy (non-hydrogen) atoms. The normalized spacial score (nSPS) is 11.0. The molecule has 0 fully saturated rings. The summed E-state index contributed by atoms with van der Waals surface area (Å²) in [6.07, 6.45) is 0. The van der Waals surface area contributed by atoms with Crippen LogP contribution in [0.1, 0.15) is 17.1 Å². The SMILES string of the molecule is Cc1oc(CN)cc1COc1ccc2cc(Br)ccc2c1. The highest BCUT2D eigenvalue weighted by atomic mass is 79.9. The molecule has 3 rings (SSSR count). The van der Waals surface area contributed by atoms with Crippen molar-refractivity contribution in [3.8, 4) is 5.75 Å². The van der Waals surface area contributed by atoms with Crippen LogP contribution in [0.2, 0.25) is 0 Å². The van der Waals surface area contributed by atoms with Gasteiger partial charge in [-0.2, -0.15) is 0 Å². The number of hydrogen-bond acceptors (Lipinski definition) is 3. The van der Waals surface area contributed by atoms with Crippen molar-refractivity contribution in [2.24, 2.45) is 5.73 Å².